The molecular weight excluding hydrogens is 472 g/mol. The molecular formula is C28H26N4O3S. The van der Waals surface area contributed by atoms with Crippen molar-refractivity contribution in [3.63, 3.8) is 0 Å². The van der Waals surface area contributed by atoms with Crippen molar-refractivity contribution in [2.75, 3.05) is 12.0 Å². The van der Waals surface area contributed by atoms with Crippen LogP contribution in [0.3, 0.4) is 0 Å². The van der Waals surface area contributed by atoms with Crippen molar-refractivity contribution in [3.8, 4) is 11.4 Å². The van der Waals surface area contributed by atoms with Gasteiger partial charge in [-0.2, -0.15) is 0 Å². The zero-order chi connectivity index (χ0) is 25.4. The number of esters is 1. The van der Waals surface area contributed by atoms with Crippen molar-refractivity contribution in [1.82, 2.24) is 14.9 Å². The van der Waals surface area contributed by atoms with Gasteiger partial charge >= 0.3 is 5.97 Å². The number of thiocarbonyl (C=S) groups is 1. The first-order valence-corrected chi connectivity index (χ1v) is 12.0. The van der Waals surface area contributed by atoms with Crippen LogP contribution >= 0.6 is 12.2 Å². The standard InChI is InChI=1S/C28H26N4O3S/c1-17-16-23(18(2)31(17)20-9-7-19(8-10-20)27(34)35-3)26-25(24-6-4-5-15-29-24)30-28(36)32(26)21-11-13-22(33)14-12-21/h4-16,25-26,33H,1-3H3,(H,30,36)/t25-,26+/m0/s1. The molecule has 0 saturated carbocycles. The van der Waals surface area contributed by atoms with E-state index < -0.39 is 0 Å². The maximum atomic E-state index is 11.9. The van der Waals surface area contributed by atoms with E-state index in [4.69, 9.17) is 17.0 Å². The molecule has 3 heterocycles. The summed E-state index contributed by atoms with van der Waals surface area (Å²) in [6.07, 6.45) is 1.78. The van der Waals surface area contributed by atoms with E-state index in [1.165, 1.54) is 7.11 Å². The van der Waals surface area contributed by atoms with Crippen molar-refractivity contribution in [3.05, 3.63) is 107 Å². The van der Waals surface area contributed by atoms with Crippen LogP contribution in [0.2, 0.25) is 0 Å². The number of ether oxygens (including phenoxy) is 1. The van der Waals surface area contributed by atoms with Gasteiger partial charge in [0.25, 0.3) is 0 Å². The maximum Gasteiger partial charge on any atom is 0.337 e. The number of aromatic hydroxyl groups is 1. The third kappa shape index (κ3) is 4.09. The maximum absolute atomic E-state index is 11.9. The highest BCUT2D eigenvalue weighted by atomic mass is 32.1. The second-order valence-corrected chi connectivity index (χ2v) is 9.10. The smallest absolute Gasteiger partial charge is 0.337 e. The molecule has 1 aliphatic rings. The molecule has 1 fully saturated rings. The number of carbonyl (C=O) groups is 1. The first-order chi connectivity index (χ1) is 17.4. The van der Waals surface area contributed by atoms with Crippen LogP contribution in [0.4, 0.5) is 5.69 Å². The molecule has 1 saturated heterocycles. The highest BCUT2D eigenvalue weighted by molar-refractivity contribution is 7.80. The Labute approximate surface area is 215 Å². The van der Waals surface area contributed by atoms with Crippen molar-refractivity contribution in [2.45, 2.75) is 25.9 Å². The van der Waals surface area contributed by atoms with Crippen LogP contribution in [0.5, 0.6) is 5.75 Å². The summed E-state index contributed by atoms with van der Waals surface area (Å²) in [5.74, 6) is -0.167. The summed E-state index contributed by atoms with van der Waals surface area (Å²) in [5, 5.41) is 13.9. The van der Waals surface area contributed by atoms with Crippen molar-refractivity contribution >= 4 is 29.0 Å². The lowest BCUT2D eigenvalue weighted by molar-refractivity contribution is 0.0600. The molecule has 36 heavy (non-hydrogen) atoms. The monoisotopic (exact) mass is 498 g/mol. The molecule has 2 N–H and O–H groups in total. The quantitative estimate of drug-likeness (QED) is 0.291. The molecule has 0 amide bonds. The molecule has 2 atom stereocenters. The Hall–Kier alpha value is -4.17. The number of benzene rings is 2. The van der Waals surface area contributed by atoms with Gasteiger partial charge in [0, 0.05) is 29.0 Å². The summed E-state index contributed by atoms with van der Waals surface area (Å²) in [6, 6.07) is 22.1. The summed E-state index contributed by atoms with van der Waals surface area (Å²) in [5.41, 5.74) is 6.42. The van der Waals surface area contributed by atoms with E-state index in [1.54, 1.807) is 30.5 Å². The Balaban J connectivity index is 1.63. The molecule has 0 spiro atoms. The minimum atomic E-state index is -0.364. The predicted molar refractivity (Wildman–Crippen MR) is 143 cm³/mol. The minimum absolute atomic E-state index is 0.175. The van der Waals surface area contributed by atoms with E-state index in [2.05, 4.69) is 39.7 Å². The van der Waals surface area contributed by atoms with Crippen LogP contribution in [-0.2, 0) is 4.74 Å². The summed E-state index contributed by atoms with van der Waals surface area (Å²) in [7, 11) is 1.38. The number of phenols is 1. The number of phenolic OH excluding ortho intramolecular Hbond substituents is 1. The number of methoxy groups -OCH3 is 1. The van der Waals surface area contributed by atoms with Gasteiger partial charge in [-0.15, -0.1) is 0 Å². The number of aromatic nitrogens is 2. The van der Waals surface area contributed by atoms with Crippen molar-refractivity contribution in [2.24, 2.45) is 0 Å². The van der Waals surface area contributed by atoms with Gasteiger partial charge in [0.2, 0.25) is 0 Å². The van der Waals surface area contributed by atoms with E-state index >= 15 is 0 Å². The van der Waals surface area contributed by atoms with Gasteiger partial charge in [-0.1, -0.05) is 6.07 Å². The molecule has 1 aliphatic heterocycles. The third-order valence-corrected chi connectivity index (χ3v) is 6.88. The molecule has 0 radical (unpaired) electrons. The zero-order valence-electron chi connectivity index (χ0n) is 20.2. The average Bonchev–Trinajstić information content (AvgIpc) is 3.39. The Morgan fingerprint density at radius 3 is 2.36 bits per heavy atom. The molecule has 2 aromatic heterocycles. The van der Waals surface area contributed by atoms with E-state index in [-0.39, 0.29) is 23.8 Å². The number of nitrogens with one attached hydrogen (secondary N) is 1. The van der Waals surface area contributed by atoms with Crippen LogP contribution in [0, 0.1) is 13.8 Å². The zero-order valence-corrected chi connectivity index (χ0v) is 21.0. The highest BCUT2D eigenvalue weighted by Crippen LogP contribution is 2.44. The fourth-order valence-electron chi connectivity index (χ4n) is 4.91. The first-order valence-electron chi connectivity index (χ1n) is 11.6. The summed E-state index contributed by atoms with van der Waals surface area (Å²) in [6.45, 7) is 4.15. The molecule has 182 valence electrons. The van der Waals surface area contributed by atoms with Gasteiger partial charge in [0.15, 0.2) is 5.11 Å². The number of rotatable bonds is 5. The lowest BCUT2D eigenvalue weighted by Gasteiger charge is -2.28. The fourth-order valence-corrected chi connectivity index (χ4v) is 5.26. The highest BCUT2D eigenvalue weighted by Gasteiger charge is 2.42. The molecule has 0 unspecified atom stereocenters. The number of aryl methyl sites for hydroxylation is 1. The molecule has 4 aromatic rings. The Morgan fingerprint density at radius 1 is 1.03 bits per heavy atom. The number of carbonyl (C=O) groups excluding carboxylic acids is 1. The van der Waals surface area contributed by atoms with Gasteiger partial charge in [0.05, 0.1) is 30.5 Å². The molecule has 0 aliphatic carbocycles. The summed E-state index contributed by atoms with van der Waals surface area (Å²) >= 11 is 5.81. The minimum Gasteiger partial charge on any atom is -0.508 e. The molecule has 8 heteroatoms. The lowest BCUT2D eigenvalue weighted by atomic mass is 9.96. The molecule has 0 bridgehead atoms. The van der Waals surface area contributed by atoms with E-state index in [0.717, 1.165) is 34.0 Å². The SMILES string of the molecule is COC(=O)c1ccc(-n2c(C)cc([C@@H]3[C@H](c4ccccn4)NC(=S)N3c3ccc(O)cc3)c2C)cc1. The number of pyridine rings is 1. The van der Waals surface area contributed by atoms with Crippen LogP contribution in [0.15, 0.2) is 79.0 Å². The molecule has 2 aromatic carbocycles. The topological polar surface area (TPSA) is 79.6 Å². The van der Waals surface area contributed by atoms with Gasteiger partial charge in [-0.25, -0.2) is 4.79 Å². The van der Waals surface area contributed by atoms with Crippen LogP contribution in [0.1, 0.15) is 45.1 Å². The number of anilines is 1. The van der Waals surface area contributed by atoms with Gasteiger partial charge in [0.1, 0.15) is 5.75 Å². The van der Waals surface area contributed by atoms with Gasteiger partial charge < -0.3 is 24.6 Å². The normalized spacial score (nSPS) is 17.2. The third-order valence-electron chi connectivity index (χ3n) is 6.56. The van der Waals surface area contributed by atoms with E-state index in [1.807, 2.05) is 42.5 Å². The second-order valence-electron chi connectivity index (χ2n) is 8.71. The van der Waals surface area contributed by atoms with Crippen LogP contribution < -0.4 is 10.2 Å². The Bertz CT molecular complexity index is 1420. The first kappa shape index (κ1) is 23.6. The Kier molecular flexibility index (Phi) is 6.20. The van der Waals surface area contributed by atoms with E-state index in [0.29, 0.717) is 10.7 Å². The largest absolute Gasteiger partial charge is 0.508 e. The van der Waals surface area contributed by atoms with Gasteiger partial charge in [-0.05, 0) is 98.4 Å². The molecule has 5 rings (SSSR count). The second kappa shape index (κ2) is 9.47. The average molecular weight is 499 g/mol. The predicted octanol–water partition coefficient (Wildman–Crippen LogP) is 5.16. The number of nitrogens with zero attached hydrogens (tertiary/aromatic N) is 3. The Morgan fingerprint density at radius 2 is 1.72 bits per heavy atom. The van der Waals surface area contributed by atoms with Crippen molar-refractivity contribution < 1.29 is 14.6 Å². The number of hydrogen-bond donors (Lipinski definition) is 2. The lowest BCUT2D eigenvalue weighted by Crippen LogP contribution is -2.29. The van der Waals surface area contributed by atoms with E-state index in [9.17, 15) is 9.90 Å². The van der Waals surface area contributed by atoms with Crippen LogP contribution in [-0.4, -0.2) is 32.8 Å². The van der Waals surface area contributed by atoms with Crippen LogP contribution in [0.25, 0.3) is 5.69 Å². The number of hydrogen-bond acceptors (Lipinski definition) is 5. The van der Waals surface area contributed by atoms with Gasteiger partial charge in [-0.3, -0.25) is 4.98 Å². The summed E-state index contributed by atoms with van der Waals surface area (Å²) in [4.78, 5) is 18.6. The van der Waals surface area contributed by atoms with Crippen molar-refractivity contribution in [1.29, 1.82) is 0 Å². The molecule has 7 nitrogen and oxygen atoms in total. The summed E-state index contributed by atoms with van der Waals surface area (Å²) < 4.78 is 7.00. The fraction of sp³-hybridized carbons (Fsp3) is 0.179.